The Morgan fingerprint density at radius 2 is 1.76 bits per heavy atom. The van der Waals surface area contributed by atoms with Gasteiger partial charge in [0, 0.05) is 73.1 Å². The molecule has 2 saturated heterocycles. The summed E-state index contributed by atoms with van der Waals surface area (Å²) in [5.74, 6) is 2.45. The van der Waals surface area contributed by atoms with Gasteiger partial charge in [0.05, 0.1) is 12.1 Å². The van der Waals surface area contributed by atoms with E-state index in [0.29, 0.717) is 12.5 Å². The first-order valence-corrected chi connectivity index (χ1v) is 16.0. The molecule has 9 heteroatoms. The number of ether oxygens (including phenoxy) is 3. The lowest BCUT2D eigenvalue weighted by atomic mass is 10.1. The molecule has 218 valence electrons. The molecule has 3 aliphatic heterocycles. The minimum Gasteiger partial charge on any atom is -0.494 e. The number of rotatable bonds is 10. The molecule has 2 aromatic carbocycles. The molecule has 3 aliphatic rings. The second kappa shape index (κ2) is 13.7. The first kappa shape index (κ1) is 28.0. The molecule has 0 atom stereocenters. The van der Waals surface area contributed by atoms with Crippen LogP contribution in [0.15, 0.2) is 53.4 Å². The number of carbonyl (C=O) groups excluding carboxylic acids is 1. The Morgan fingerprint density at radius 3 is 2.63 bits per heavy atom. The van der Waals surface area contributed by atoms with Crippen LogP contribution < -0.4 is 14.4 Å². The number of pyridine rings is 1. The quantitative estimate of drug-likeness (QED) is 0.221. The maximum Gasteiger partial charge on any atom is 0.412 e. The lowest BCUT2D eigenvalue weighted by molar-refractivity contribution is 0.0298. The fourth-order valence-corrected chi connectivity index (χ4v) is 6.98. The van der Waals surface area contributed by atoms with Crippen molar-refractivity contribution in [1.82, 2.24) is 14.8 Å². The van der Waals surface area contributed by atoms with Gasteiger partial charge in [0.2, 0.25) is 12.7 Å². The predicted molar refractivity (Wildman–Crippen MR) is 163 cm³/mol. The van der Waals surface area contributed by atoms with Crippen LogP contribution in [0.5, 0.6) is 11.6 Å². The number of carbonyl (C=O) groups is 1. The SMILES string of the molecule is O=C(OCOc1ccc2ccc(OCCCCN3CCN(c4cccc5c4CCS5)CC3)cc2n1)N1CCCCC1. The molecule has 0 aliphatic carbocycles. The molecule has 2 fully saturated rings. The molecule has 8 nitrogen and oxygen atoms in total. The lowest BCUT2D eigenvalue weighted by Gasteiger charge is -2.37. The largest absolute Gasteiger partial charge is 0.494 e. The Hall–Kier alpha value is -3.17. The van der Waals surface area contributed by atoms with Crippen LogP contribution in [-0.4, -0.2) is 85.8 Å². The molecule has 0 N–H and O–H groups in total. The van der Waals surface area contributed by atoms with Gasteiger partial charge >= 0.3 is 6.09 Å². The van der Waals surface area contributed by atoms with E-state index in [4.69, 9.17) is 14.2 Å². The second-order valence-corrected chi connectivity index (χ2v) is 12.1. The number of benzene rings is 2. The predicted octanol–water partition coefficient (Wildman–Crippen LogP) is 5.82. The van der Waals surface area contributed by atoms with Gasteiger partial charge in [0.25, 0.3) is 0 Å². The van der Waals surface area contributed by atoms with E-state index >= 15 is 0 Å². The molecule has 0 spiro atoms. The third-order valence-electron chi connectivity index (χ3n) is 8.21. The minimum absolute atomic E-state index is 0.146. The fraction of sp³-hybridized carbons (Fsp3) is 0.500. The van der Waals surface area contributed by atoms with Crippen LogP contribution in [0.4, 0.5) is 10.5 Å². The Balaban J connectivity index is 0.901. The van der Waals surface area contributed by atoms with Crippen molar-refractivity contribution in [3.05, 3.63) is 54.1 Å². The molecule has 4 heterocycles. The Morgan fingerprint density at radius 1 is 0.902 bits per heavy atom. The van der Waals surface area contributed by atoms with Crippen LogP contribution in [0.1, 0.15) is 37.7 Å². The van der Waals surface area contributed by atoms with Gasteiger partial charge in [0.1, 0.15) is 5.75 Å². The van der Waals surface area contributed by atoms with E-state index in [1.807, 2.05) is 36.0 Å². The highest BCUT2D eigenvalue weighted by Crippen LogP contribution is 2.37. The van der Waals surface area contributed by atoms with Crippen LogP contribution in [0.2, 0.25) is 0 Å². The van der Waals surface area contributed by atoms with E-state index in [1.54, 1.807) is 16.5 Å². The highest BCUT2D eigenvalue weighted by atomic mass is 32.2. The minimum atomic E-state index is -0.322. The third kappa shape index (κ3) is 7.19. The van der Waals surface area contributed by atoms with Gasteiger partial charge in [-0.05, 0) is 81.0 Å². The molecule has 3 aromatic rings. The molecule has 0 bridgehead atoms. The standard InChI is InChI=1S/C32H40N4O4S/c37-32(36-15-2-1-3-16-36)40-24-39-31-12-10-25-9-11-26(23-28(25)33-31)38-21-5-4-14-34-17-19-35(20-18-34)29-7-6-8-30-27(29)13-22-41-30/h6-12,23H,1-5,13-22,24H2. The number of aromatic nitrogens is 1. The van der Waals surface area contributed by atoms with Crippen LogP contribution in [0.3, 0.4) is 0 Å². The molecule has 1 aromatic heterocycles. The molecule has 1 amide bonds. The van der Waals surface area contributed by atoms with E-state index in [9.17, 15) is 4.79 Å². The van der Waals surface area contributed by atoms with E-state index in [2.05, 4.69) is 33.0 Å². The van der Waals surface area contributed by atoms with Crippen molar-refractivity contribution in [2.45, 2.75) is 43.4 Å². The first-order chi connectivity index (χ1) is 20.2. The van der Waals surface area contributed by atoms with Gasteiger partial charge in [-0.1, -0.05) is 6.07 Å². The average molecular weight is 577 g/mol. The molecular formula is C32H40N4O4S. The number of fused-ring (bicyclic) bond motifs is 2. The third-order valence-corrected chi connectivity index (χ3v) is 9.31. The number of piperidine rings is 1. The summed E-state index contributed by atoms with van der Waals surface area (Å²) < 4.78 is 16.9. The van der Waals surface area contributed by atoms with Crippen molar-refractivity contribution in [3.63, 3.8) is 0 Å². The zero-order valence-corrected chi connectivity index (χ0v) is 24.6. The van der Waals surface area contributed by atoms with Crippen molar-refractivity contribution >= 4 is 34.4 Å². The van der Waals surface area contributed by atoms with Crippen molar-refractivity contribution in [1.29, 1.82) is 0 Å². The molecular weight excluding hydrogens is 536 g/mol. The van der Waals surface area contributed by atoms with Gasteiger partial charge in [-0.3, -0.25) is 4.90 Å². The molecule has 0 unspecified atom stereocenters. The highest BCUT2D eigenvalue weighted by Gasteiger charge is 2.22. The molecule has 0 radical (unpaired) electrons. The number of likely N-dealkylation sites (tertiary alicyclic amines) is 1. The fourth-order valence-electron chi connectivity index (χ4n) is 5.90. The number of hydrogen-bond donors (Lipinski definition) is 0. The summed E-state index contributed by atoms with van der Waals surface area (Å²) in [5, 5.41) is 1.01. The van der Waals surface area contributed by atoms with Gasteiger partial charge in [-0.2, -0.15) is 0 Å². The summed E-state index contributed by atoms with van der Waals surface area (Å²) in [4.78, 5) is 25.1. The smallest absolute Gasteiger partial charge is 0.412 e. The van der Waals surface area contributed by atoms with Gasteiger partial charge in [-0.15, -0.1) is 11.8 Å². The number of anilines is 1. The number of amides is 1. The molecule has 6 rings (SSSR count). The van der Waals surface area contributed by atoms with Gasteiger partial charge in [0.15, 0.2) is 0 Å². The van der Waals surface area contributed by atoms with E-state index in [1.165, 1.54) is 29.2 Å². The maximum absolute atomic E-state index is 12.2. The molecule has 0 saturated carbocycles. The summed E-state index contributed by atoms with van der Waals surface area (Å²) in [6.07, 6.45) is 6.24. The second-order valence-electron chi connectivity index (χ2n) is 11.0. The summed E-state index contributed by atoms with van der Waals surface area (Å²) in [6.45, 7) is 7.61. The average Bonchev–Trinajstić information content (AvgIpc) is 3.51. The summed E-state index contributed by atoms with van der Waals surface area (Å²) in [7, 11) is 0. The van der Waals surface area contributed by atoms with Crippen molar-refractivity contribution in [3.8, 4) is 11.6 Å². The number of thioether (sulfide) groups is 1. The topological polar surface area (TPSA) is 67.4 Å². The molecule has 41 heavy (non-hydrogen) atoms. The van der Waals surface area contributed by atoms with Crippen LogP contribution in [0.25, 0.3) is 10.9 Å². The van der Waals surface area contributed by atoms with Crippen LogP contribution in [0, 0.1) is 0 Å². The lowest BCUT2D eigenvalue weighted by Crippen LogP contribution is -2.47. The maximum atomic E-state index is 12.2. The Bertz CT molecular complexity index is 1320. The van der Waals surface area contributed by atoms with E-state index < -0.39 is 0 Å². The summed E-state index contributed by atoms with van der Waals surface area (Å²) in [6, 6.07) is 16.5. The summed E-state index contributed by atoms with van der Waals surface area (Å²) in [5.41, 5.74) is 3.81. The number of hydrogen-bond acceptors (Lipinski definition) is 8. The Kier molecular flexibility index (Phi) is 9.32. The van der Waals surface area contributed by atoms with Crippen molar-refractivity contribution < 1.29 is 19.0 Å². The van der Waals surface area contributed by atoms with Crippen LogP contribution in [-0.2, 0) is 11.2 Å². The highest BCUT2D eigenvalue weighted by molar-refractivity contribution is 7.99. The number of piperazine rings is 1. The zero-order chi connectivity index (χ0) is 27.9. The van der Waals surface area contributed by atoms with E-state index in [0.717, 1.165) is 88.1 Å². The Labute approximate surface area is 246 Å². The normalized spacial score (nSPS) is 17.5. The first-order valence-electron chi connectivity index (χ1n) is 15.0. The van der Waals surface area contributed by atoms with Gasteiger partial charge in [-0.25, -0.2) is 9.78 Å². The van der Waals surface area contributed by atoms with Crippen molar-refractivity contribution in [2.24, 2.45) is 0 Å². The number of nitrogens with zero attached hydrogens (tertiary/aromatic N) is 4. The number of unbranched alkanes of at least 4 members (excludes halogenated alkanes) is 1. The van der Waals surface area contributed by atoms with Gasteiger partial charge < -0.3 is 24.0 Å². The van der Waals surface area contributed by atoms with E-state index in [-0.39, 0.29) is 12.9 Å². The van der Waals surface area contributed by atoms with Crippen molar-refractivity contribution in [2.75, 3.05) is 69.9 Å². The van der Waals surface area contributed by atoms with Crippen LogP contribution >= 0.6 is 11.8 Å². The monoisotopic (exact) mass is 576 g/mol. The summed E-state index contributed by atoms with van der Waals surface area (Å²) >= 11 is 2.00. The zero-order valence-electron chi connectivity index (χ0n) is 23.8.